The van der Waals surface area contributed by atoms with E-state index in [1.807, 2.05) is 11.3 Å². The van der Waals surface area contributed by atoms with Gasteiger partial charge < -0.3 is 10.2 Å². The molecule has 15 heavy (non-hydrogen) atoms. The Labute approximate surface area is 104 Å². The van der Waals surface area contributed by atoms with Crippen molar-refractivity contribution in [3.05, 3.63) is 20.8 Å². The van der Waals surface area contributed by atoms with Crippen molar-refractivity contribution in [2.45, 2.75) is 18.9 Å². The van der Waals surface area contributed by atoms with Gasteiger partial charge in [0.2, 0.25) is 0 Å². The summed E-state index contributed by atoms with van der Waals surface area (Å²) in [4.78, 5) is 3.89. The summed E-state index contributed by atoms with van der Waals surface area (Å²) in [5.74, 6) is 0. The third-order valence-corrected chi connectivity index (χ3v) is 4.58. The number of nitrogens with one attached hydrogen (secondary N) is 1. The van der Waals surface area contributed by atoms with Crippen molar-refractivity contribution in [2.75, 3.05) is 26.7 Å². The maximum absolute atomic E-state index is 3.58. The van der Waals surface area contributed by atoms with Gasteiger partial charge in [-0.15, -0.1) is 11.3 Å². The molecule has 0 bridgehead atoms. The van der Waals surface area contributed by atoms with E-state index >= 15 is 0 Å². The van der Waals surface area contributed by atoms with Crippen molar-refractivity contribution < 1.29 is 0 Å². The van der Waals surface area contributed by atoms with Crippen LogP contribution in [0.5, 0.6) is 0 Å². The predicted molar refractivity (Wildman–Crippen MR) is 69.6 cm³/mol. The Bertz CT molecular complexity index is 313. The number of piperazine rings is 1. The Morgan fingerprint density at radius 3 is 3.20 bits per heavy atom. The van der Waals surface area contributed by atoms with Crippen LogP contribution >= 0.6 is 27.3 Å². The SMILES string of the molecule is CN1CCNC(CCc2cc(Br)cs2)C1. The molecule has 2 heterocycles. The van der Waals surface area contributed by atoms with E-state index in [1.54, 1.807) is 0 Å². The summed E-state index contributed by atoms with van der Waals surface area (Å²) in [6.45, 7) is 3.50. The van der Waals surface area contributed by atoms with Crippen molar-refractivity contribution in [1.82, 2.24) is 10.2 Å². The van der Waals surface area contributed by atoms with Crippen LogP contribution in [0.4, 0.5) is 0 Å². The molecule has 1 N–H and O–H groups in total. The van der Waals surface area contributed by atoms with Crippen molar-refractivity contribution in [2.24, 2.45) is 0 Å². The van der Waals surface area contributed by atoms with Gasteiger partial charge in [0.15, 0.2) is 0 Å². The molecule has 0 radical (unpaired) electrons. The highest BCUT2D eigenvalue weighted by Gasteiger charge is 2.15. The summed E-state index contributed by atoms with van der Waals surface area (Å²) in [5.41, 5.74) is 0. The molecular weight excluding hydrogens is 272 g/mol. The molecule has 1 aliphatic heterocycles. The van der Waals surface area contributed by atoms with Crippen LogP contribution in [-0.4, -0.2) is 37.6 Å². The van der Waals surface area contributed by atoms with Crippen LogP contribution in [-0.2, 0) is 6.42 Å². The van der Waals surface area contributed by atoms with E-state index in [4.69, 9.17) is 0 Å². The second-order valence-corrected chi connectivity index (χ2v) is 6.09. The van der Waals surface area contributed by atoms with Gasteiger partial charge in [0.1, 0.15) is 0 Å². The highest BCUT2D eigenvalue weighted by atomic mass is 79.9. The Balaban J connectivity index is 1.77. The minimum absolute atomic E-state index is 0.671. The van der Waals surface area contributed by atoms with E-state index in [0.717, 1.165) is 6.54 Å². The zero-order valence-corrected chi connectivity index (χ0v) is 11.4. The number of halogens is 1. The minimum atomic E-state index is 0.671. The summed E-state index contributed by atoms with van der Waals surface area (Å²) >= 11 is 5.34. The van der Waals surface area contributed by atoms with E-state index < -0.39 is 0 Å². The fourth-order valence-electron chi connectivity index (χ4n) is 1.99. The van der Waals surface area contributed by atoms with Crippen LogP contribution in [0.2, 0.25) is 0 Å². The summed E-state index contributed by atoms with van der Waals surface area (Å²) in [6, 6.07) is 2.90. The Morgan fingerprint density at radius 2 is 2.53 bits per heavy atom. The first-order chi connectivity index (χ1) is 7.24. The molecule has 1 unspecified atom stereocenters. The van der Waals surface area contributed by atoms with Crippen molar-refractivity contribution in [3.8, 4) is 0 Å². The molecular formula is C11H17BrN2S. The summed E-state index contributed by atoms with van der Waals surface area (Å²) in [5, 5.41) is 5.74. The molecule has 1 atom stereocenters. The molecule has 0 spiro atoms. The predicted octanol–water partition coefficient (Wildman–Crippen LogP) is 2.35. The Kier molecular flexibility index (Phi) is 4.20. The molecule has 0 saturated carbocycles. The van der Waals surface area contributed by atoms with Gasteiger partial charge in [-0.25, -0.2) is 0 Å². The molecule has 1 aromatic rings. The molecule has 2 rings (SSSR count). The highest BCUT2D eigenvalue weighted by molar-refractivity contribution is 9.10. The van der Waals surface area contributed by atoms with Gasteiger partial charge in [0, 0.05) is 40.4 Å². The molecule has 1 aromatic heterocycles. The van der Waals surface area contributed by atoms with E-state index in [9.17, 15) is 0 Å². The Hall–Kier alpha value is 0.1000. The number of aryl methyl sites for hydroxylation is 1. The van der Waals surface area contributed by atoms with Crippen LogP contribution in [0.15, 0.2) is 15.9 Å². The first-order valence-corrected chi connectivity index (χ1v) is 7.06. The lowest BCUT2D eigenvalue weighted by atomic mass is 10.1. The topological polar surface area (TPSA) is 15.3 Å². The number of thiophene rings is 1. The van der Waals surface area contributed by atoms with Gasteiger partial charge in [0.05, 0.1) is 0 Å². The second-order valence-electron chi connectivity index (χ2n) is 4.18. The van der Waals surface area contributed by atoms with E-state index in [1.165, 1.54) is 35.3 Å². The van der Waals surface area contributed by atoms with Gasteiger partial charge in [-0.1, -0.05) is 0 Å². The van der Waals surface area contributed by atoms with Gasteiger partial charge in [0.25, 0.3) is 0 Å². The van der Waals surface area contributed by atoms with Gasteiger partial charge in [-0.05, 0) is 41.9 Å². The van der Waals surface area contributed by atoms with Crippen LogP contribution in [0.1, 0.15) is 11.3 Å². The van der Waals surface area contributed by atoms with Gasteiger partial charge >= 0.3 is 0 Å². The molecule has 1 aliphatic rings. The minimum Gasteiger partial charge on any atom is -0.311 e. The molecule has 4 heteroatoms. The normalized spacial score (nSPS) is 23.2. The molecule has 1 fully saturated rings. The summed E-state index contributed by atoms with van der Waals surface area (Å²) < 4.78 is 1.22. The lowest BCUT2D eigenvalue weighted by Gasteiger charge is -2.30. The fourth-order valence-corrected chi connectivity index (χ4v) is 3.46. The Morgan fingerprint density at radius 1 is 1.67 bits per heavy atom. The number of hydrogen-bond donors (Lipinski definition) is 1. The van der Waals surface area contributed by atoms with E-state index in [-0.39, 0.29) is 0 Å². The largest absolute Gasteiger partial charge is 0.311 e. The molecule has 0 amide bonds. The van der Waals surface area contributed by atoms with Crippen LogP contribution in [0.3, 0.4) is 0 Å². The molecule has 2 nitrogen and oxygen atoms in total. The third kappa shape index (κ3) is 3.55. The second kappa shape index (κ2) is 5.43. The number of rotatable bonds is 3. The van der Waals surface area contributed by atoms with Crippen molar-refractivity contribution in [3.63, 3.8) is 0 Å². The van der Waals surface area contributed by atoms with Crippen molar-refractivity contribution >= 4 is 27.3 Å². The maximum atomic E-state index is 3.58. The smallest absolute Gasteiger partial charge is 0.0285 e. The molecule has 84 valence electrons. The highest BCUT2D eigenvalue weighted by Crippen LogP contribution is 2.21. The number of hydrogen-bond acceptors (Lipinski definition) is 3. The van der Waals surface area contributed by atoms with Gasteiger partial charge in [-0.2, -0.15) is 0 Å². The first-order valence-electron chi connectivity index (χ1n) is 5.39. The average molecular weight is 289 g/mol. The monoisotopic (exact) mass is 288 g/mol. The molecule has 0 aromatic carbocycles. The van der Waals surface area contributed by atoms with Gasteiger partial charge in [-0.3, -0.25) is 0 Å². The lowest BCUT2D eigenvalue weighted by Crippen LogP contribution is -2.49. The lowest BCUT2D eigenvalue weighted by molar-refractivity contribution is 0.232. The van der Waals surface area contributed by atoms with Crippen LogP contribution < -0.4 is 5.32 Å². The van der Waals surface area contributed by atoms with Crippen molar-refractivity contribution in [1.29, 1.82) is 0 Å². The number of nitrogens with zero attached hydrogens (tertiary/aromatic N) is 1. The third-order valence-electron chi connectivity index (χ3n) is 2.82. The number of likely N-dealkylation sites (N-methyl/N-ethyl adjacent to an activating group) is 1. The maximum Gasteiger partial charge on any atom is 0.0285 e. The van der Waals surface area contributed by atoms with E-state index in [0.29, 0.717) is 6.04 Å². The zero-order valence-electron chi connectivity index (χ0n) is 9.00. The fraction of sp³-hybridized carbons (Fsp3) is 0.636. The van der Waals surface area contributed by atoms with Crippen LogP contribution in [0, 0.1) is 0 Å². The van der Waals surface area contributed by atoms with E-state index in [2.05, 4.69) is 44.6 Å². The average Bonchev–Trinajstić information content (AvgIpc) is 2.62. The standard InChI is InChI=1S/C11H17BrN2S/c1-14-5-4-13-10(7-14)2-3-11-6-9(12)8-15-11/h6,8,10,13H,2-5,7H2,1H3. The zero-order chi connectivity index (χ0) is 10.7. The first kappa shape index (κ1) is 11.6. The molecule has 0 aliphatic carbocycles. The molecule has 1 saturated heterocycles. The quantitative estimate of drug-likeness (QED) is 0.919. The van der Waals surface area contributed by atoms with Crippen LogP contribution in [0.25, 0.3) is 0 Å². The summed E-state index contributed by atoms with van der Waals surface area (Å²) in [7, 11) is 2.20. The summed E-state index contributed by atoms with van der Waals surface area (Å²) in [6.07, 6.45) is 2.44.